The minimum Gasteiger partial charge on any atom is -0.313 e. The first kappa shape index (κ1) is 16.7. The van der Waals surface area contributed by atoms with E-state index in [1.165, 1.54) is 55.9 Å². The third-order valence-corrected chi connectivity index (χ3v) is 4.11. The van der Waals surface area contributed by atoms with Crippen molar-refractivity contribution in [3.05, 3.63) is 0 Å². The summed E-state index contributed by atoms with van der Waals surface area (Å²) in [5.41, 5.74) is 0. The largest absolute Gasteiger partial charge is 0.313 e. The first-order chi connectivity index (χ1) is 7.72. The summed E-state index contributed by atoms with van der Waals surface area (Å²) in [6, 6.07) is 0.709. The van der Waals surface area contributed by atoms with Crippen molar-refractivity contribution in [3.63, 3.8) is 0 Å². The molecule has 98 valence electrons. The van der Waals surface area contributed by atoms with Gasteiger partial charge in [-0.1, -0.05) is 81.9 Å². The molecule has 2 heteroatoms. The Balaban J connectivity index is 3.19. The van der Waals surface area contributed by atoms with E-state index in [4.69, 9.17) is 0 Å². The Morgan fingerprint density at radius 3 is 2.00 bits per heavy atom. The lowest BCUT2D eigenvalue weighted by Gasteiger charge is -2.19. The van der Waals surface area contributed by atoms with Crippen LogP contribution in [0.25, 0.3) is 0 Å². The van der Waals surface area contributed by atoms with Gasteiger partial charge in [-0.15, -0.1) is 0 Å². The number of hydrogen-bond donors (Lipinski definition) is 1. The van der Waals surface area contributed by atoms with Crippen molar-refractivity contribution in [1.82, 2.24) is 5.32 Å². The van der Waals surface area contributed by atoms with Gasteiger partial charge in [-0.05, 0) is 18.9 Å². The van der Waals surface area contributed by atoms with Gasteiger partial charge in [-0.25, -0.2) is 0 Å². The summed E-state index contributed by atoms with van der Waals surface area (Å²) in [7, 11) is 0. The number of unbranched alkanes of at least 4 members (excludes halogenated alkanes) is 6. The van der Waals surface area contributed by atoms with Gasteiger partial charge in [0.2, 0.25) is 0 Å². The van der Waals surface area contributed by atoms with E-state index in [1.807, 2.05) is 0 Å². The summed E-state index contributed by atoms with van der Waals surface area (Å²) in [4.78, 5) is 0. The van der Waals surface area contributed by atoms with Crippen LogP contribution in [0.1, 0.15) is 65.7 Å². The Hall–Kier alpha value is 0.690. The highest BCUT2D eigenvalue weighted by Crippen LogP contribution is 2.08. The quantitative estimate of drug-likeness (QED) is 0.324. The molecule has 0 saturated carbocycles. The van der Waals surface area contributed by atoms with Gasteiger partial charge in [0.25, 0.3) is 0 Å². The molecule has 0 aromatic carbocycles. The van der Waals surface area contributed by atoms with Crippen molar-refractivity contribution in [2.45, 2.75) is 71.8 Å². The maximum atomic E-state index is 3.66. The topological polar surface area (TPSA) is 12.0 Å². The van der Waals surface area contributed by atoms with E-state index in [-0.39, 0.29) is 0 Å². The molecule has 0 heterocycles. The zero-order valence-electron chi connectivity index (χ0n) is 11.4. The molecule has 0 spiro atoms. The maximum Gasteiger partial charge on any atom is 0.0180 e. The van der Waals surface area contributed by atoms with E-state index >= 15 is 0 Å². The van der Waals surface area contributed by atoms with Crippen molar-refractivity contribution < 1.29 is 0 Å². The van der Waals surface area contributed by atoms with Crippen LogP contribution in [0.5, 0.6) is 0 Å². The highest BCUT2D eigenvalue weighted by Gasteiger charge is 2.09. The van der Waals surface area contributed by atoms with Crippen LogP contribution >= 0.6 is 22.6 Å². The average molecular weight is 339 g/mol. The molecule has 0 aromatic rings. The third-order valence-electron chi connectivity index (χ3n) is 3.16. The second kappa shape index (κ2) is 12.2. The highest BCUT2D eigenvalue weighted by molar-refractivity contribution is 14.1. The number of halogens is 1. The SMILES string of the molecule is CCCCCCCCCNC(CI)C(C)C. The lowest BCUT2D eigenvalue weighted by Crippen LogP contribution is -2.35. The molecule has 0 saturated heterocycles. The van der Waals surface area contributed by atoms with Crippen LogP contribution in [0.15, 0.2) is 0 Å². The fraction of sp³-hybridized carbons (Fsp3) is 1.00. The van der Waals surface area contributed by atoms with Crippen molar-refractivity contribution >= 4 is 22.6 Å². The van der Waals surface area contributed by atoms with Gasteiger partial charge >= 0.3 is 0 Å². The molecule has 1 unspecified atom stereocenters. The predicted octanol–water partition coefficient (Wildman–Crippen LogP) is 4.79. The molecule has 0 fully saturated rings. The average Bonchev–Trinajstić information content (AvgIpc) is 2.26. The van der Waals surface area contributed by atoms with Crippen molar-refractivity contribution in [2.75, 3.05) is 11.0 Å². The van der Waals surface area contributed by atoms with E-state index in [9.17, 15) is 0 Å². The zero-order chi connectivity index (χ0) is 12.2. The highest BCUT2D eigenvalue weighted by atomic mass is 127. The van der Waals surface area contributed by atoms with E-state index in [0.717, 1.165) is 5.92 Å². The number of nitrogens with one attached hydrogen (secondary N) is 1. The standard InChI is InChI=1S/C14H30IN/c1-4-5-6-7-8-9-10-11-16-14(12-15)13(2)3/h13-14,16H,4-12H2,1-3H3. The lowest BCUT2D eigenvalue weighted by molar-refractivity contribution is 0.428. The van der Waals surface area contributed by atoms with Gasteiger partial charge < -0.3 is 5.32 Å². The molecule has 16 heavy (non-hydrogen) atoms. The smallest absolute Gasteiger partial charge is 0.0180 e. The normalized spacial score (nSPS) is 13.3. The van der Waals surface area contributed by atoms with Gasteiger partial charge in [-0.3, -0.25) is 0 Å². The summed E-state index contributed by atoms with van der Waals surface area (Å²) in [6.45, 7) is 8.10. The molecule has 1 nitrogen and oxygen atoms in total. The second-order valence-corrected chi connectivity index (χ2v) is 5.96. The second-order valence-electron chi connectivity index (χ2n) is 5.08. The van der Waals surface area contributed by atoms with Crippen LogP contribution in [0.3, 0.4) is 0 Å². The van der Waals surface area contributed by atoms with Gasteiger partial charge in [0, 0.05) is 10.5 Å². The first-order valence-electron chi connectivity index (χ1n) is 7.01. The fourth-order valence-electron chi connectivity index (χ4n) is 1.84. The molecule has 0 aliphatic carbocycles. The van der Waals surface area contributed by atoms with E-state index in [0.29, 0.717) is 6.04 Å². The Labute approximate surface area is 116 Å². The summed E-state index contributed by atoms with van der Waals surface area (Å²) in [5.74, 6) is 0.765. The van der Waals surface area contributed by atoms with E-state index < -0.39 is 0 Å². The number of rotatable bonds is 11. The van der Waals surface area contributed by atoms with Gasteiger partial charge in [0.05, 0.1) is 0 Å². The van der Waals surface area contributed by atoms with Crippen LogP contribution in [-0.4, -0.2) is 17.0 Å². The van der Waals surface area contributed by atoms with Crippen LogP contribution in [0, 0.1) is 5.92 Å². The summed E-state index contributed by atoms with van der Waals surface area (Å²) in [6.07, 6.45) is 9.84. The van der Waals surface area contributed by atoms with Crippen molar-refractivity contribution in [2.24, 2.45) is 5.92 Å². The molecular weight excluding hydrogens is 309 g/mol. The fourth-order valence-corrected chi connectivity index (χ4v) is 3.17. The van der Waals surface area contributed by atoms with Crippen molar-refractivity contribution in [1.29, 1.82) is 0 Å². The minimum atomic E-state index is 0.709. The molecule has 0 aromatic heterocycles. The summed E-state index contributed by atoms with van der Waals surface area (Å²) >= 11 is 2.49. The Bertz CT molecular complexity index is 137. The van der Waals surface area contributed by atoms with Gasteiger partial charge in [0.15, 0.2) is 0 Å². The van der Waals surface area contributed by atoms with Gasteiger partial charge in [0.1, 0.15) is 0 Å². The molecule has 1 atom stereocenters. The third kappa shape index (κ3) is 9.88. The molecule has 0 rings (SSSR count). The Kier molecular flexibility index (Phi) is 12.7. The van der Waals surface area contributed by atoms with Crippen LogP contribution in [0.2, 0.25) is 0 Å². The lowest BCUT2D eigenvalue weighted by atomic mass is 10.1. The molecule has 1 N–H and O–H groups in total. The van der Waals surface area contributed by atoms with Crippen LogP contribution in [-0.2, 0) is 0 Å². The van der Waals surface area contributed by atoms with Crippen LogP contribution < -0.4 is 5.32 Å². The summed E-state index contributed by atoms with van der Waals surface area (Å²) in [5, 5.41) is 3.66. The molecule has 0 aliphatic heterocycles. The van der Waals surface area contributed by atoms with Gasteiger partial charge in [-0.2, -0.15) is 0 Å². The first-order valence-corrected chi connectivity index (χ1v) is 8.54. The van der Waals surface area contributed by atoms with Crippen LogP contribution in [0.4, 0.5) is 0 Å². The molecule has 0 aliphatic rings. The Morgan fingerprint density at radius 1 is 0.938 bits per heavy atom. The molecule has 0 bridgehead atoms. The summed E-state index contributed by atoms with van der Waals surface area (Å²) < 4.78 is 1.23. The minimum absolute atomic E-state index is 0.709. The molecular formula is C14H30IN. The molecule has 0 amide bonds. The zero-order valence-corrected chi connectivity index (χ0v) is 13.6. The molecule has 0 radical (unpaired) electrons. The van der Waals surface area contributed by atoms with E-state index in [1.54, 1.807) is 0 Å². The van der Waals surface area contributed by atoms with E-state index in [2.05, 4.69) is 48.7 Å². The van der Waals surface area contributed by atoms with Crippen molar-refractivity contribution in [3.8, 4) is 0 Å². The maximum absolute atomic E-state index is 3.66. The predicted molar refractivity (Wildman–Crippen MR) is 83.5 cm³/mol. The monoisotopic (exact) mass is 339 g/mol. The number of alkyl halides is 1. The number of hydrogen-bond acceptors (Lipinski definition) is 1. The Morgan fingerprint density at radius 2 is 1.50 bits per heavy atom.